The van der Waals surface area contributed by atoms with E-state index in [1.54, 1.807) is 44.0 Å². The standard InChI is InChI=1S/C23H22N6O5S/c1-4-34-22(30)17(11-14-5-10-18(24-2)20(12-14)29(31)32)19-13-35-23-26-25-21(28(23)27-19)15-6-8-16(33-3)9-7-15/h5-12,24H,4,13H2,1-3H3/b17-11-. The predicted molar refractivity (Wildman–Crippen MR) is 133 cm³/mol. The molecule has 4 rings (SSSR count). The monoisotopic (exact) mass is 494 g/mol. The molecule has 0 bridgehead atoms. The number of fused-ring (bicyclic) bond motifs is 1. The van der Waals surface area contributed by atoms with E-state index in [0.717, 1.165) is 5.56 Å². The van der Waals surface area contributed by atoms with Crippen LogP contribution in [-0.2, 0) is 9.53 Å². The van der Waals surface area contributed by atoms with Gasteiger partial charge in [0, 0.05) is 24.4 Å². The largest absolute Gasteiger partial charge is 0.497 e. The fourth-order valence-electron chi connectivity index (χ4n) is 3.42. The van der Waals surface area contributed by atoms with Crippen molar-refractivity contribution in [1.29, 1.82) is 0 Å². The Bertz CT molecular complexity index is 1330. The first-order valence-corrected chi connectivity index (χ1v) is 11.6. The zero-order valence-corrected chi connectivity index (χ0v) is 20.0. The number of methoxy groups -OCH3 is 1. The number of esters is 1. The Morgan fingerprint density at radius 1 is 1.26 bits per heavy atom. The van der Waals surface area contributed by atoms with Gasteiger partial charge < -0.3 is 14.8 Å². The van der Waals surface area contributed by atoms with Gasteiger partial charge in [-0.1, -0.05) is 17.8 Å². The summed E-state index contributed by atoms with van der Waals surface area (Å²) in [6.07, 6.45) is 1.55. The van der Waals surface area contributed by atoms with E-state index < -0.39 is 10.9 Å². The molecule has 12 heteroatoms. The number of nitro benzene ring substituents is 1. The van der Waals surface area contributed by atoms with Crippen molar-refractivity contribution in [3.05, 3.63) is 63.7 Å². The number of carbonyl (C=O) groups excluding carboxylic acids is 1. The summed E-state index contributed by atoms with van der Waals surface area (Å²) in [6.45, 7) is 1.88. The van der Waals surface area contributed by atoms with E-state index >= 15 is 0 Å². The third kappa shape index (κ3) is 5.01. The van der Waals surface area contributed by atoms with Gasteiger partial charge >= 0.3 is 5.97 Å². The van der Waals surface area contributed by atoms with Crippen LogP contribution in [0.25, 0.3) is 17.5 Å². The molecule has 1 aliphatic heterocycles. The van der Waals surface area contributed by atoms with Gasteiger partial charge in [0.15, 0.2) is 5.82 Å². The highest BCUT2D eigenvalue weighted by molar-refractivity contribution is 7.99. The molecule has 2 heterocycles. The van der Waals surface area contributed by atoms with E-state index in [0.29, 0.717) is 39.4 Å². The van der Waals surface area contributed by atoms with Crippen LogP contribution in [0.1, 0.15) is 12.5 Å². The number of anilines is 1. The van der Waals surface area contributed by atoms with Gasteiger partial charge in [-0.15, -0.1) is 10.2 Å². The summed E-state index contributed by atoms with van der Waals surface area (Å²) in [5.74, 6) is 0.984. The van der Waals surface area contributed by atoms with Crippen molar-refractivity contribution in [2.24, 2.45) is 5.10 Å². The second-order valence-electron chi connectivity index (χ2n) is 7.24. The number of ether oxygens (including phenoxy) is 2. The highest BCUT2D eigenvalue weighted by atomic mass is 32.2. The van der Waals surface area contributed by atoms with Crippen LogP contribution in [0, 0.1) is 10.1 Å². The molecule has 1 N–H and O–H groups in total. The minimum atomic E-state index is -0.574. The summed E-state index contributed by atoms with van der Waals surface area (Å²) in [4.78, 5) is 23.9. The molecule has 0 saturated carbocycles. The average Bonchev–Trinajstić information content (AvgIpc) is 3.30. The second-order valence-corrected chi connectivity index (χ2v) is 8.19. The molecule has 0 atom stereocenters. The Morgan fingerprint density at radius 2 is 2.03 bits per heavy atom. The minimum Gasteiger partial charge on any atom is -0.497 e. The maximum Gasteiger partial charge on any atom is 0.340 e. The van der Waals surface area contributed by atoms with Gasteiger partial charge in [-0.2, -0.15) is 9.78 Å². The fraction of sp³-hybridized carbons (Fsp3) is 0.217. The van der Waals surface area contributed by atoms with Crippen LogP contribution in [0.3, 0.4) is 0 Å². The topological polar surface area (TPSA) is 134 Å². The van der Waals surface area contributed by atoms with Crippen LogP contribution in [0.5, 0.6) is 5.75 Å². The summed E-state index contributed by atoms with van der Waals surface area (Å²) in [5, 5.41) is 28.0. The van der Waals surface area contributed by atoms with E-state index in [-0.39, 0.29) is 17.9 Å². The number of nitrogens with one attached hydrogen (secondary N) is 1. The smallest absolute Gasteiger partial charge is 0.340 e. The Morgan fingerprint density at radius 3 is 2.69 bits per heavy atom. The number of nitrogens with zero attached hydrogens (tertiary/aromatic N) is 5. The SMILES string of the molecule is CCOC(=O)/C(=C\c1ccc(NC)c([N+](=O)[O-])c1)C1=Nn2c(nnc2-c2ccc(OC)cc2)SC1. The Labute approximate surface area is 205 Å². The van der Waals surface area contributed by atoms with E-state index in [1.807, 2.05) is 24.3 Å². The number of rotatable bonds is 8. The highest BCUT2D eigenvalue weighted by Gasteiger charge is 2.26. The van der Waals surface area contributed by atoms with E-state index in [2.05, 4.69) is 20.6 Å². The molecule has 0 spiro atoms. The Hall–Kier alpha value is -4.19. The van der Waals surface area contributed by atoms with Crippen LogP contribution in [0.2, 0.25) is 0 Å². The van der Waals surface area contributed by atoms with Gasteiger partial charge in [0.1, 0.15) is 11.4 Å². The molecule has 0 aliphatic carbocycles. The molecule has 0 saturated heterocycles. The van der Waals surface area contributed by atoms with Crippen LogP contribution < -0.4 is 10.1 Å². The maximum atomic E-state index is 12.9. The molecule has 11 nitrogen and oxygen atoms in total. The molecule has 1 aromatic heterocycles. The molecular weight excluding hydrogens is 472 g/mol. The van der Waals surface area contributed by atoms with Crippen LogP contribution in [0.4, 0.5) is 11.4 Å². The van der Waals surface area contributed by atoms with Gasteiger partial charge in [-0.25, -0.2) is 4.79 Å². The fourth-order valence-corrected chi connectivity index (χ4v) is 4.24. The predicted octanol–water partition coefficient (Wildman–Crippen LogP) is 3.86. The molecule has 3 aromatic rings. The van der Waals surface area contributed by atoms with Crippen molar-refractivity contribution >= 4 is 40.9 Å². The van der Waals surface area contributed by atoms with Crippen molar-refractivity contribution in [3.8, 4) is 17.1 Å². The molecule has 0 unspecified atom stereocenters. The lowest BCUT2D eigenvalue weighted by Gasteiger charge is -2.16. The Kier molecular flexibility index (Phi) is 7.11. The highest BCUT2D eigenvalue weighted by Crippen LogP contribution is 2.31. The van der Waals surface area contributed by atoms with Gasteiger partial charge in [-0.05, 0) is 48.9 Å². The first-order valence-electron chi connectivity index (χ1n) is 10.6. The number of hydrogen-bond acceptors (Lipinski definition) is 10. The quantitative estimate of drug-likeness (QED) is 0.214. The van der Waals surface area contributed by atoms with Crippen LogP contribution in [-0.4, -0.2) is 58.0 Å². The lowest BCUT2D eigenvalue weighted by atomic mass is 10.1. The van der Waals surface area contributed by atoms with Gasteiger partial charge in [0.05, 0.1) is 29.9 Å². The zero-order valence-electron chi connectivity index (χ0n) is 19.2. The lowest BCUT2D eigenvalue weighted by Crippen LogP contribution is -2.21. The van der Waals surface area contributed by atoms with Crippen LogP contribution >= 0.6 is 11.8 Å². The first kappa shape index (κ1) is 24.0. The summed E-state index contributed by atoms with van der Waals surface area (Å²) < 4.78 is 12.1. The van der Waals surface area contributed by atoms with Gasteiger partial charge in [0.2, 0.25) is 5.16 Å². The average molecular weight is 495 g/mol. The maximum absolute atomic E-state index is 12.9. The minimum absolute atomic E-state index is 0.104. The van der Waals surface area contributed by atoms with E-state index in [1.165, 1.54) is 17.8 Å². The van der Waals surface area contributed by atoms with Gasteiger partial charge in [0.25, 0.3) is 5.69 Å². The van der Waals surface area contributed by atoms with E-state index in [9.17, 15) is 14.9 Å². The molecule has 2 aromatic carbocycles. The summed E-state index contributed by atoms with van der Waals surface area (Å²) in [6, 6.07) is 12.0. The number of nitro groups is 1. The molecule has 0 amide bonds. The number of carbonyl (C=O) groups is 1. The van der Waals surface area contributed by atoms with Crippen molar-refractivity contribution in [1.82, 2.24) is 14.9 Å². The number of aromatic nitrogens is 3. The summed E-state index contributed by atoms with van der Waals surface area (Å²) >= 11 is 1.38. The normalized spacial score (nSPS) is 13.0. The number of thioether (sulfide) groups is 1. The molecule has 1 aliphatic rings. The Balaban J connectivity index is 1.78. The third-order valence-electron chi connectivity index (χ3n) is 5.12. The summed E-state index contributed by atoms with van der Waals surface area (Å²) in [5.41, 5.74) is 2.15. The van der Waals surface area contributed by atoms with Crippen molar-refractivity contribution in [3.63, 3.8) is 0 Å². The van der Waals surface area contributed by atoms with E-state index in [4.69, 9.17) is 9.47 Å². The zero-order chi connectivity index (χ0) is 24.9. The second kappa shape index (κ2) is 10.4. The number of benzene rings is 2. The van der Waals surface area contributed by atoms with Crippen LogP contribution in [0.15, 0.2) is 58.3 Å². The number of hydrogen-bond donors (Lipinski definition) is 1. The molecule has 35 heavy (non-hydrogen) atoms. The van der Waals surface area contributed by atoms with Crippen molar-refractivity contribution in [2.75, 3.05) is 31.8 Å². The third-order valence-corrected chi connectivity index (χ3v) is 6.05. The molecule has 180 valence electrons. The van der Waals surface area contributed by atoms with Crippen molar-refractivity contribution < 1.29 is 19.2 Å². The lowest BCUT2D eigenvalue weighted by molar-refractivity contribution is -0.384. The van der Waals surface area contributed by atoms with Gasteiger partial charge in [-0.3, -0.25) is 10.1 Å². The summed E-state index contributed by atoms with van der Waals surface area (Å²) in [7, 11) is 3.19. The van der Waals surface area contributed by atoms with Crippen molar-refractivity contribution in [2.45, 2.75) is 12.1 Å². The molecule has 0 radical (unpaired) electrons. The first-order chi connectivity index (χ1) is 16.9. The molecular formula is C23H22N6O5S. The molecule has 0 fully saturated rings.